The Morgan fingerprint density at radius 1 is 0.846 bits per heavy atom. The predicted molar refractivity (Wildman–Crippen MR) is 208 cm³/mol. The summed E-state index contributed by atoms with van der Waals surface area (Å²) < 4.78 is 16.6. The Morgan fingerprint density at radius 3 is 2.42 bits per heavy atom. The van der Waals surface area contributed by atoms with Crippen molar-refractivity contribution in [3.8, 4) is 22.6 Å². The van der Waals surface area contributed by atoms with Gasteiger partial charge in [0, 0.05) is 79.5 Å². The van der Waals surface area contributed by atoms with Crippen molar-refractivity contribution in [2.75, 3.05) is 46.4 Å². The highest BCUT2D eigenvalue weighted by atomic mass is 16.5. The minimum atomic E-state index is 0.191. The van der Waals surface area contributed by atoms with Crippen LogP contribution in [0.3, 0.4) is 0 Å². The van der Waals surface area contributed by atoms with Crippen LogP contribution in [-0.2, 0) is 26.6 Å². The third-order valence-corrected chi connectivity index (χ3v) is 10.4. The van der Waals surface area contributed by atoms with Gasteiger partial charge in [0.1, 0.15) is 37.9 Å². The Hall–Kier alpha value is -5.19. The van der Waals surface area contributed by atoms with E-state index >= 15 is 0 Å². The molecule has 264 valence electrons. The lowest BCUT2D eigenvalue weighted by molar-refractivity contribution is 0.110. The first kappa shape index (κ1) is 35.2. The van der Waals surface area contributed by atoms with Gasteiger partial charge in [-0.05, 0) is 56.0 Å². The second-order valence-corrected chi connectivity index (χ2v) is 13.6. The summed E-state index contributed by atoms with van der Waals surface area (Å²) in [5.74, 6) is 1.41. The number of aldehydes is 2. The van der Waals surface area contributed by atoms with E-state index in [-0.39, 0.29) is 6.61 Å². The monoisotopic (exact) mass is 693 g/mol. The van der Waals surface area contributed by atoms with Gasteiger partial charge in [0.05, 0.1) is 17.8 Å². The third-order valence-electron chi connectivity index (χ3n) is 10.4. The molecule has 4 aromatic carbocycles. The maximum atomic E-state index is 13.1. The number of piperazine rings is 1. The summed E-state index contributed by atoms with van der Waals surface area (Å²) in [5, 5.41) is 8.18. The van der Waals surface area contributed by atoms with Crippen molar-refractivity contribution in [1.82, 2.24) is 24.1 Å². The Kier molecular flexibility index (Phi) is 10.6. The number of aromatic nitrogens is 3. The minimum Gasteiger partial charge on any atom is -0.493 e. The Bertz CT molecular complexity index is 2230. The van der Waals surface area contributed by atoms with Crippen LogP contribution in [0.15, 0.2) is 78.9 Å². The van der Waals surface area contributed by atoms with Crippen LogP contribution in [-0.4, -0.2) is 90.9 Å². The van der Waals surface area contributed by atoms with Crippen LogP contribution in [0.1, 0.15) is 44.2 Å². The van der Waals surface area contributed by atoms with Crippen molar-refractivity contribution in [3.63, 3.8) is 0 Å². The smallest absolute Gasteiger partial charge is 0.166 e. The fraction of sp³-hybridized carbons (Fsp3) is 0.310. The zero-order valence-corrected chi connectivity index (χ0v) is 30.2. The molecule has 0 N–H and O–H groups in total. The molecule has 3 heterocycles. The lowest BCUT2D eigenvalue weighted by Crippen LogP contribution is -2.45. The van der Waals surface area contributed by atoms with Crippen LogP contribution in [0, 0.1) is 6.92 Å². The number of carbonyl (C=O) groups is 2. The first-order chi connectivity index (χ1) is 25.4. The molecule has 10 heteroatoms. The van der Waals surface area contributed by atoms with Crippen LogP contribution < -0.4 is 14.9 Å². The van der Waals surface area contributed by atoms with Gasteiger partial charge < -0.3 is 18.9 Å². The second-order valence-electron chi connectivity index (χ2n) is 13.6. The maximum Gasteiger partial charge on any atom is 0.166 e. The molecule has 0 bridgehead atoms. The molecule has 1 fully saturated rings. The molecule has 0 aliphatic carbocycles. The molecule has 1 saturated heterocycles. The lowest BCUT2D eigenvalue weighted by Gasteiger charge is -2.32. The minimum absolute atomic E-state index is 0.191. The van der Waals surface area contributed by atoms with Gasteiger partial charge in [0.25, 0.3) is 0 Å². The maximum absolute atomic E-state index is 13.1. The number of nitrogens with zero attached hydrogens (tertiary/aromatic N) is 5. The van der Waals surface area contributed by atoms with Crippen LogP contribution in [0.2, 0.25) is 0 Å². The van der Waals surface area contributed by atoms with Crippen molar-refractivity contribution < 1.29 is 19.1 Å². The van der Waals surface area contributed by atoms with Gasteiger partial charge in [0.2, 0.25) is 0 Å². The summed E-state index contributed by atoms with van der Waals surface area (Å²) in [7, 11) is 10.0. The molecule has 0 spiro atoms. The Morgan fingerprint density at radius 2 is 1.62 bits per heavy atom. The predicted octanol–water partition coefficient (Wildman–Crippen LogP) is 5.76. The summed E-state index contributed by atoms with van der Waals surface area (Å²) in [6, 6.07) is 25.8. The lowest BCUT2D eigenvalue weighted by atomic mass is 9.91. The van der Waals surface area contributed by atoms with Crippen LogP contribution in [0.5, 0.6) is 11.5 Å². The quantitative estimate of drug-likeness (QED) is 0.0816. The largest absolute Gasteiger partial charge is 0.493 e. The van der Waals surface area contributed by atoms with Crippen LogP contribution in [0.4, 0.5) is 0 Å². The molecule has 0 amide bonds. The molecule has 9 nitrogen and oxygen atoms in total. The molecule has 0 unspecified atom stereocenters. The highest BCUT2D eigenvalue weighted by Gasteiger charge is 2.25. The Balaban J connectivity index is 1.23. The summed E-state index contributed by atoms with van der Waals surface area (Å²) >= 11 is 0. The molecular formula is C42H44BN5O4. The number of hydrogen-bond donors (Lipinski definition) is 0. The average molecular weight is 694 g/mol. The zero-order chi connectivity index (χ0) is 36.2. The fourth-order valence-electron chi connectivity index (χ4n) is 7.42. The highest BCUT2D eigenvalue weighted by Crippen LogP contribution is 2.38. The topological polar surface area (TPSA) is 81.8 Å². The van der Waals surface area contributed by atoms with E-state index in [0.717, 1.165) is 107 Å². The Labute approximate surface area is 306 Å². The number of aryl methyl sites for hydroxylation is 2. The van der Waals surface area contributed by atoms with Gasteiger partial charge in [0.15, 0.2) is 6.29 Å². The van der Waals surface area contributed by atoms with Crippen molar-refractivity contribution >= 4 is 47.6 Å². The SMILES string of the molecule is [B]c1ccc(OCc2nn(C)c(C)c2-c2cccc3c(CCCOc4cccc5ccccc45)c(C=O)n(CCN4CCN(C)CC4)c23)cc1C=O. The van der Waals surface area contributed by atoms with Crippen molar-refractivity contribution in [3.05, 3.63) is 107 Å². The number of benzene rings is 4. The summed E-state index contributed by atoms with van der Waals surface area (Å²) in [6.07, 6.45) is 3.20. The van der Waals surface area contributed by atoms with Crippen molar-refractivity contribution in [2.45, 2.75) is 32.9 Å². The number of carbonyl (C=O) groups excluding carboxylic acids is 2. The highest BCUT2D eigenvalue weighted by molar-refractivity contribution is 6.35. The van der Waals surface area contributed by atoms with E-state index in [1.807, 2.05) is 36.0 Å². The molecule has 7 rings (SSSR count). The second kappa shape index (κ2) is 15.6. The van der Waals surface area contributed by atoms with Gasteiger partial charge in [-0.15, -0.1) is 0 Å². The van der Waals surface area contributed by atoms with E-state index in [2.05, 4.69) is 64.7 Å². The van der Waals surface area contributed by atoms with Crippen molar-refractivity contribution in [1.29, 1.82) is 0 Å². The number of hydrogen-bond acceptors (Lipinski definition) is 7. The normalized spacial score (nSPS) is 13.9. The van der Waals surface area contributed by atoms with Gasteiger partial charge in [-0.1, -0.05) is 66.1 Å². The van der Waals surface area contributed by atoms with Gasteiger partial charge >= 0.3 is 0 Å². The molecule has 1 aliphatic heterocycles. The van der Waals surface area contributed by atoms with E-state index in [4.69, 9.17) is 22.4 Å². The molecule has 6 aromatic rings. The molecule has 2 radical (unpaired) electrons. The summed E-state index contributed by atoms with van der Waals surface area (Å²) in [5.41, 5.74) is 7.29. The van der Waals surface area contributed by atoms with Gasteiger partial charge in [-0.3, -0.25) is 19.2 Å². The first-order valence-electron chi connectivity index (χ1n) is 18.0. The van der Waals surface area contributed by atoms with E-state index < -0.39 is 0 Å². The summed E-state index contributed by atoms with van der Waals surface area (Å²) in [6.45, 7) is 8.35. The summed E-state index contributed by atoms with van der Waals surface area (Å²) in [4.78, 5) is 29.5. The number of fused-ring (bicyclic) bond motifs is 2. The first-order valence-corrected chi connectivity index (χ1v) is 18.0. The van der Waals surface area contributed by atoms with Gasteiger partial charge in [-0.25, -0.2) is 0 Å². The van der Waals surface area contributed by atoms with Gasteiger partial charge in [-0.2, -0.15) is 5.10 Å². The fourth-order valence-corrected chi connectivity index (χ4v) is 7.42. The number of likely N-dealkylation sites (N-methyl/N-ethyl adjacent to an activating group) is 1. The third kappa shape index (κ3) is 7.13. The molecule has 52 heavy (non-hydrogen) atoms. The molecule has 0 atom stereocenters. The van der Waals surface area contributed by atoms with E-state index in [1.54, 1.807) is 18.2 Å². The molecular weight excluding hydrogens is 649 g/mol. The average Bonchev–Trinajstić information content (AvgIpc) is 3.63. The van der Waals surface area contributed by atoms with E-state index in [0.29, 0.717) is 42.0 Å². The number of para-hydroxylation sites is 1. The van der Waals surface area contributed by atoms with Crippen molar-refractivity contribution in [2.24, 2.45) is 7.05 Å². The van der Waals surface area contributed by atoms with E-state index in [9.17, 15) is 9.59 Å². The molecule has 0 saturated carbocycles. The van der Waals surface area contributed by atoms with Crippen LogP contribution >= 0.6 is 0 Å². The standard InChI is InChI=1S/C42H44BN5O4/c1-29-41(38(44-46(29)3)28-52-32-16-17-37(43)31(25-32)26-49)36-13-7-12-35-34(14-8-24-51-40-15-6-10-30-9-4-5-11-33(30)40)39(27-50)48(42(35)36)23-22-47-20-18-45(2)19-21-47/h4-7,9-13,15-17,25-27H,8,14,18-24,28H2,1-3H3. The van der Waals surface area contributed by atoms with E-state index in [1.165, 1.54) is 0 Å². The number of ether oxygens (including phenoxy) is 2. The zero-order valence-electron chi connectivity index (χ0n) is 30.2. The number of rotatable bonds is 14. The van der Waals surface area contributed by atoms with Crippen LogP contribution in [0.25, 0.3) is 32.8 Å². The molecule has 2 aromatic heterocycles. The molecule has 1 aliphatic rings.